The van der Waals surface area contributed by atoms with Gasteiger partial charge in [-0.3, -0.25) is 10.2 Å². The SMILES string of the molecule is N=C(N)c1cccc(C2=NOC(CCO)(C(=O)Nc3ccc(-c4ccccc4S(N)(=O)=O)cc3)C2)c1. The number of rotatable bonds is 8. The van der Waals surface area contributed by atoms with E-state index >= 15 is 0 Å². The molecule has 1 aliphatic rings. The average molecular weight is 508 g/mol. The summed E-state index contributed by atoms with van der Waals surface area (Å²) in [6.45, 7) is -0.299. The number of carbonyl (C=O) groups excluding carboxylic acids is 1. The Balaban J connectivity index is 1.53. The van der Waals surface area contributed by atoms with Crippen LogP contribution < -0.4 is 16.2 Å². The van der Waals surface area contributed by atoms with E-state index in [0.29, 0.717) is 33.7 Å². The van der Waals surface area contributed by atoms with Crippen molar-refractivity contribution in [3.05, 3.63) is 83.9 Å². The molecule has 1 heterocycles. The second kappa shape index (κ2) is 9.90. The number of benzene rings is 3. The number of hydrogen-bond donors (Lipinski definition) is 5. The second-order valence-corrected chi connectivity index (χ2v) is 9.87. The zero-order chi connectivity index (χ0) is 25.9. The molecule has 0 bridgehead atoms. The van der Waals surface area contributed by atoms with E-state index in [1.54, 1.807) is 66.7 Å². The number of carbonyl (C=O) groups is 1. The summed E-state index contributed by atoms with van der Waals surface area (Å²) >= 11 is 0. The van der Waals surface area contributed by atoms with E-state index in [0.717, 1.165) is 0 Å². The molecule has 1 amide bonds. The van der Waals surface area contributed by atoms with Crippen LogP contribution in [-0.4, -0.2) is 43.2 Å². The zero-order valence-electron chi connectivity index (χ0n) is 19.1. The lowest BCUT2D eigenvalue weighted by Crippen LogP contribution is -2.44. The molecule has 0 aliphatic carbocycles. The molecule has 1 unspecified atom stereocenters. The molecule has 1 aliphatic heterocycles. The number of anilines is 1. The number of aliphatic hydroxyl groups excluding tert-OH is 1. The largest absolute Gasteiger partial charge is 0.396 e. The average Bonchev–Trinajstić information content (AvgIpc) is 3.30. The van der Waals surface area contributed by atoms with Gasteiger partial charge in [-0.15, -0.1) is 0 Å². The number of sulfonamides is 1. The number of primary sulfonamides is 1. The summed E-state index contributed by atoms with van der Waals surface area (Å²) in [5.74, 6) is -0.582. The molecule has 3 aromatic rings. The highest BCUT2D eigenvalue weighted by atomic mass is 32.2. The summed E-state index contributed by atoms with van der Waals surface area (Å²) in [6, 6.07) is 19.9. The third-order valence-electron chi connectivity index (χ3n) is 5.87. The number of amides is 1. The number of nitrogens with two attached hydrogens (primary N) is 2. The first-order valence-corrected chi connectivity index (χ1v) is 12.5. The molecule has 0 spiro atoms. The van der Waals surface area contributed by atoms with Crippen LogP contribution in [0.25, 0.3) is 11.1 Å². The van der Waals surface area contributed by atoms with Gasteiger partial charge in [0.2, 0.25) is 15.6 Å². The monoisotopic (exact) mass is 507 g/mol. The van der Waals surface area contributed by atoms with E-state index in [1.165, 1.54) is 6.07 Å². The standard InChI is InChI=1S/C25H25N5O5S/c26-23(27)18-5-3-4-17(14-18)21-15-25(12-13-31,35-30-21)24(32)29-19-10-8-16(9-11-19)20-6-1-2-7-22(20)36(28,33)34/h1-11,14,31H,12-13,15H2,(H3,26,27)(H,29,32)(H2,28,33,34). The Morgan fingerprint density at radius 2 is 1.81 bits per heavy atom. The third kappa shape index (κ3) is 5.13. The summed E-state index contributed by atoms with van der Waals surface area (Å²) in [5.41, 5.74) is 7.33. The molecule has 7 N–H and O–H groups in total. The Morgan fingerprint density at radius 3 is 2.47 bits per heavy atom. The number of oxime groups is 1. The van der Waals surface area contributed by atoms with E-state index in [-0.39, 0.29) is 30.2 Å². The number of hydrogen-bond acceptors (Lipinski definition) is 7. The van der Waals surface area contributed by atoms with Gasteiger partial charge in [-0.2, -0.15) is 0 Å². The molecule has 0 saturated carbocycles. The number of nitrogen functional groups attached to an aromatic ring is 1. The maximum Gasteiger partial charge on any atom is 0.271 e. The van der Waals surface area contributed by atoms with Crippen molar-refractivity contribution in [3.8, 4) is 11.1 Å². The summed E-state index contributed by atoms with van der Waals surface area (Å²) in [4.78, 5) is 18.8. The number of aliphatic hydroxyl groups is 1. The van der Waals surface area contributed by atoms with Crippen LogP contribution in [0.15, 0.2) is 82.8 Å². The molecule has 0 fully saturated rings. The topological polar surface area (TPSA) is 181 Å². The lowest BCUT2D eigenvalue weighted by molar-refractivity contribution is -0.140. The van der Waals surface area contributed by atoms with E-state index in [4.69, 9.17) is 21.1 Å². The van der Waals surface area contributed by atoms with Gasteiger partial charge in [0.1, 0.15) is 5.84 Å². The number of nitrogens with one attached hydrogen (secondary N) is 2. The van der Waals surface area contributed by atoms with Gasteiger partial charge in [-0.05, 0) is 29.8 Å². The van der Waals surface area contributed by atoms with Crippen molar-refractivity contribution in [1.82, 2.24) is 0 Å². The highest BCUT2D eigenvalue weighted by molar-refractivity contribution is 7.89. The molecule has 1 atom stereocenters. The predicted octanol–water partition coefficient (Wildman–Crippen LogP) is 2.17. The third-order valence-corrected chi connectivity index (χ3v) is 6.84. The van der Waals surface area contributed by atoms with Gasteiger partial charge in [0.25, 0.3) is 5.91 Å². The molecule has 186 valence electrons. The minimum absolute atomic E-state index is 0.00144. The van der Waals surface area contributed by atoms with Gasteiger partial charge in [-0.1, -0.05) is 53.7 Å². The van der Waals surface area contributed by atoms with Crippen molar-refractivity contribution in [1.29, 1.82) is 5.41 Å². The molecule has 0 radical (unpaired) electrons. The van der Waals surface area contributed by atoms with Crippen LogP contribution in [0.3, 0.4) is 0 Å². The number of amidine groups is 1. The summed E-state index contributed by atoms with van der Waals surface area (Å²) in [5, 5.41) is 29.5. The van der Waals surface area contributed by atoms with E-state index < -0.39 is 21.5 Å². The van der Waals surface area contributed by atoms with Gasteiger partial charge in [0.05, 0.1) is 10.6 Å². The van der Waals surface area contributed by atoms with Gasteiger partial charge in [0, 0.05) is 41.8 Å². The minimum atomic E-state index is -3.91. The minimum Gasteiger partial charge on any atom is -0.396 e. The molecule has 0 saturated heterocycles. The fourth-order valence-electron chi connectivity index (χ4n) is 3.98. The number of nitrogens with zero attached hydrogens (tertiary/aromatic N) is 1. The highest BCUT2D eigenvalue weighted by Gasteiger charge is 2.46. The van der Waals surface area contributed by atoms with E-state index in [1.807, 2.05) is 0 Å². The summed E-state index contributed by atoms with van der Waals surface area (Å²) in [6.07, 6.45) is 0.124. The van der Waals surface area contributed by atoms with E-state index in [9.17, 15) is 18.3 Å². The Labute approximate surface area is 208 Å². The van der Waals surface area contributed by atoms with Crippen LogP contribution in [-0.2, 0) is 19.7 Å². The van der Waals surface area contributed by atoms with Crippen LogP contribution in [0.5, 0.6) is 0 Å². The van der Waals surface area contributed by atoms with Crippen LogP contribution in [0.4, 0.5) is 5.69 Å². The highest BCUT2D eigenvalue weighted by Crippen LogP contribution is 2.33. The fourth-order valence-corrected chi connectivity index (χ4v) is 4.74. The van der Waals surface area contributed by atoms with Crippen molar-refractivity contribution in [2.45, 2.75) is 23.3 Å². The second-order valence-electron chi connectivity index (χ2n) is 8.34. The first-order valence-electron chi connectivity index (χ1n) is 11.0. The van der Waals surface area contributed by atoms with Crippen LogP contribution in [0.1, 0.15) is 24.0 Å². The smallest absolute Gasteiger partial charge is 0.271 e. The van der Waals surface area contributed by atoms with Gasteiger partial charge in [-0.25, -0.2) is 13.6 Å². The molecule has 36 heavy (non-hydrogen) atoms. The summed E-state index contributed by atoms with van der Waals surface area (Å²) < 4.78 is 23.8. The van der Waals surface area contributed by atoms with Gasteiger partial charge < -0.3 is 21.0 Å². The molecule has 4 rings (SSSR count). The quantitative estimate of drug-likeness (QED) is 0.230. The van der Waals surface area contributed by atoms with Crippen molar-refractivity contribution in [2.24, 2.45) is 16.0 Å². The zero-order valence-corrected chi connectivity index (χ0v) is 20.0. The van der Waals surface area contributed by atoms with Crippen LogP contribution in [0.2, 0.25) is 0 Å². The van der Waals surface area contributed by atoms with Crippen LogP contribution in [0, 0.1) is 5.41 Å². The predicted molar refractivity (Wildman–Crippen MR) is 136 cm³/mol. The first kappa shape index (κ1) is 25.0. The molecule has 11 heteroatoms. The van der Waals surface area contributed by atoms with E-state index in [2.05, 4.69) is 10.5 Å². The maximum absolute atomic E-state index is 13.2. The Bertz CT molecular complexity index is 1450. The normalized spacial score (nSPS) is 17.2. The molecule has 10 nitrogen and oxygen atoms in total. The lowest BCUT2D eigenvalue weighted by atomic mass is 9.90. The van der Waals surface area contributed by atoms with Crippen molar-refractivity contribution in [3.63, 3.8) is 0 Å². The maximum atomic E-state index is 13.2. The Morgan fingerprint density at radius 1 is 1.08 bits per heavy atom. The molecular weight excluding hydrogens is 482 g/mol. The van der Waals surface area contributed by atoms with Crippen molar-refractivity contribution < 1.29 is 23.2 Å². The summed E-state index contributed by atoms with van der Waals surface area (Å²) in [7, 11) is -3.91. The molecular formula is C25H25N5O5S. The van der Waals surface area contributed by atoms with Gasteiger partial charge in [0.15, 0.2) is 0 Å². The van der Waals surface area contributed by atoms with Crippen molar-refractivity contribution >= 4 is 33.2 Å². The Hall–Kier alpha value is -4.06. The Kier molecular flexibility index (Phi) is 6.88. The molecule has 3 aromatic carbocycles. The lowest BCUT2D eigenvalue weighted by Gasteiger charge is -2.24. The van der Waals surface area contributed by atoms with Gasteiger partial charge >= 0.3 is 0 Å². The molecule has 0 aromatic heterocycles. The van der Waals surface area contributed by atoms with Crippen LogP contribution >= 0.6 is 0 Å². The fraction of sp³-hybridized carbons (Fsp3) is 0.160. The van der Waals surface area contributed by atoms with Crippen molar-refractivity contribution in [2.75, 3.05) is 11.9 Å². The first-order chi connectivity index (χ1) is 17.1.